The van der Waals surface area contributed by atoms with E-state index in [9.17, 15) is 4.79 Å². The van der Waals surface area contributed by atoms with Crippen LogP contribution in [-0.4, -0.2) is 28.9 Å². The number of thiocarbonyl (C=S) groups is 1. The molecule has 2 N–H and O–H groups in total. The molecule has 0 aromatic heterocycles. The third kappa shape index (κ3) is 2.73. The molecule has 4 heteroatoms. The fourth-order valence-electron chi connectivity index (χ4n) is 1.95. The predicted octanol–water partition coefficient (Wildman–Crippen LogP) is 1.95. The molecule has 1 aliphatic rings. The molecule has 1 atom stereocenters. The van der Waals surface area contributed by atoms with E-state index >= 15 is 0 Å². The lowest BCUT2D eigenvalue weighted by Gasteiger charge is -2.39. The number of nitrogens with zero attached hydrogens (tertiary/aromatic N) is 1. The molecule has 0 aliphatic carbocycles. The van der Waals surface area contributed by atoms with E-state index in [0.717, 1.165) is 32.4 Å². The number of rotatable bonds is 3. The summed E-state index contributed by atoms with van der Waals surface area (Å²) in [4.78, 5) is 14.5. The Labute approximate surface area is 103 Å². The lowest BCUT2D eigenvalue weighted by atomic mass is 9.80. The second kappa shape index (κ2) is 5.13. The van der Waals surface area contributed by atoms with Crippen LogP contribution >= 0.6 is 12.2 Å². The van der Waals surface area contributed by atoms with E-state index < -0.39 is 0 Å². The second-order valence-corrected chi connectivity index (χ2v) is 5.50. The summed E-state index contributed by atoms with van der Waals surface area (Å²) in [5, 5.41) is 0. The molecule has 1 saturated heterocycles. The van der Waals surface area contributed by atoms with Crippen LogP contribution in [0.2, 0.25) is 0 Å². The maximum atomic E-state index is 12.0. The molecule has 92 valence electrons. The molecular weight excluding hydrogens is 220 g/mol. The Morgan fingerprint density at radius 2 is 2.00 bits per heavy atom. The van der Waals surface area contributed by atoms with Crippen LogP contribution in [0.1, 0.15) is 40.0 Å². The summed E-state index contributed by atoms with van der Waals surface area (Å²) in [6.45, 7) is 7.71. The number of carbonyl (C=O) groups excluding carboxylic acids is 1. The molecule has 0 aromatic carbocycles. The highest BCUT2D eigenvalue weighted by Gasteiger charge is 2.34. The first-order valence-corrected chi connectivity index (χ1v) is 6.40. The van der Waals surface area contributed by atoms with Crippen molar-refractivity contribution >= 4 is 23.1 Å². The zero-order valence-electron chi connectivity index (χ0n) is 10.5. The number of amides is 1. The van der Waals surface area contributed by atoms with Crippen LogP contribution in [0.3, 0.4) is 0 Å². The van der Waals surface area contributed by atoms with Gasteiger partial charge >= 0.3 is 0 Å². The van der Waals surface area contributed by atoms with Crippen molar-refractivity contribution in [1.29, 1.82) is 0 Å². The quantitative estimate of drug-likeness (QED) is 0.769. The van der Waals surface area contributed by atoms with Crippen molar-refractivity contribution in [1.82, 2.24) is 4.90 Å². The van der Waals surface area contributed by atoms with Crippen molar-refractivity contribution in [2.75, 3.05) is 13.1 Å². The van der Waals surface area contributed by atoms with Crippen LogP contribution in [0.4, 0.5) is 0 Å². The summed E-state index contributed by atoms with van der Waals surface area (Å²) in [6.07, 6.45) is 2.69. The highest BCUT2D eigenvalue weighted by Crippen LogP contribution is 2.31. The summed E-state index contributed by atoms with van der Waals surface area (Å²) < 4.78 is 0. The summed E-state index contributed by atoms with van der Waals surface area (Å²) in [5.74, 6) is 0.404. The van der Waals surface area contributed by atoms with Crippen LogP contribution in [0.15, 0.2) is 0 Å². The van der Waals surface area contributed by atoms with Crippen molar-refractivity contribution in [3.63, 3.8) is 0 Å². The predicted molar refractivity (Wildman–Crippen MR) is 70.2 cm³/mol. The first-order chi connectivity index (χ1) is 7.40. The van der Waals surface area contributed by atoms with E-state index in [1.165, 1.54) is 0 Å². The van der Waals surface area contributed by atoms with Crippen molar-refractivity contribution in [3.8, 4) is 0 Å². The SMILES string of the molecule is CCC(C)C(=O)N1CCC(C)(C(N)=S)CC1. The van der Waals surface area contributed by atoms with E-state index in [1.807, 2.05) is 18.7 Å². The fraction of sp³-hybridized carbons (Fsp3) is 0.833. The molecule has 0 bridgehead atoms. The first-order valence-electron chi connectivity index (χ1n) is 5.99. The molecule has 1 heterocycles. The van der Waals surface area contributed by atoms with Gasteiger partial charge in [-0.15, -0.1) is 0 Å². The molecule has 16 heavy (non-hydrogen) atoms. The minimum absolute atomic E-state index is 0.0540. The van der Waals surface area contributed by atoms with Crippen molar-refractivity contribution in [3.05, 3.63) is 0 Å². The Hall–Kier alpha value is -0.640. The normalized spacial score (nSPS) is 21.6. The number of likely N-dealkylation sites (tertiary alicyclic amines) is 1. The van der Waals surface area contributed by atoms with E-state index in [4.69, 9.17) is 18.0 Å². The molecule has 1 unspecified atom stereocenters. The van der Waals surface area contributed by atoms with Gasteiger partial charge in [0.25, 0.3) is 0 Å². The highest BCUT2D eigenvalue weighted by atomic mass is 32.1. The molecule has 3 nitrogen and oxygen atoms in total. The zero-order valence-corrected chi connectivity index (χ0v) is 11.3. The monoisotopic (exact) mass is 242 g/mol. The van der Waals surface area contributed by atoms with E-state index in [-0.39, 0.29) is 17.2 Å². The third-order valence-electron chi connectivity index (χ3n) is 3.81. The Bertz CT molecular complexity index is 283. The van der Waals surface area contributed by atoms with Crippen molar-refractivity contribution in [2.45, 2.75) is 40.0 Å². The molecular formula is C12H22N2OS. The Morgan fingerprint density at radius 3 is 2.38 bits per heavy atom. The van der Waals surface area contributed by atoms with Crippen LogP contribution in [0, 0.1) is 11.3 Å². The average Bonchev–Trinajstić information content (AvgIpc) is 2.28. The van der Waals surface area contributed by atoms with Gasteiger partial charge in [0.15, 0.2) is 0 Å². The molecule has 1 amide bonds. The standard InChI is InChI=1S/C12H22N2OS/c1-4-9(2)10(15)14-7-5-12(3,6-8-14)11(13)16/h9H,4-8H2,1-3H3,(H2,13,16). The summed E-state index contributed by atoms with van der Waals surface area (Å²) >= 11 is 5.08. The van der Waals surface area contributed by atoms with Gasteiger partial charge in [-0.3, -0.25) is 4.79 Å². The van der Waals surface area contributed by atoms with Crippen molar-refractivity contribution < 1.29 is 4.79 Å². The van der Waals surface area contributed by atoms with E-state index in [1.54, 1.807) is 0 Å². The molecule has 0 saturated carbocycles. The first kappa shape index (κ1) is 13.4. The summed E-state index contributed by atoms with van der Waals surface area (Å²) in [6, 6.07) is 0. The van der Waals surface area contributed by atoms with Gasteiger partial charge in [0, 0.05) is 24.4 Å². The highest BCUT2D eigenvalue weighted by molar-refractivity contribution is 7.80. The zero-order chi connectivity index (χ0) is 12.3. The Kier molecular flexibility index (Phi) is 4.30. The topological polar surface area (TPSA) is 46.3 Å². The van der Waals surface area contributed by atoms with Gasteiger partial charge in [-0.2, -0.15) is 0 Å². The maximum Gasteiger partial charge on any atom is 0.225 e. The lowest BCUT2D eigenvalue weighted by molar-refractivity contribution is -0.136. The average molecular weight is 242 g/mol. The van der Waals surface area contributed by atoms with Crippen LogP contribution < -0.4 is 5.73 Å². The van der Waals surface area contributed by atoms with Crippen LogP contribution in [0.25, 0.3) is 0 Å². The Balaban J connectivity index is 2.55. The summed E-state index contributed by atoms with van der Waals surface area (Å²) in [5.41, 5.74) is 5.68. The van der Waals surface area contributed by atoms with Gasteiger partial charge in [0.05, 0.1) is 4.99 Å². The second-order valence-electron chi connectivity index (χ2n) is 5.06. The lowest BCUT2D eigenvalue weighted by Crippen LogP contribution is -2.47. The maximum absolute atomic E-state index is 12.0. The minimum atomic E-state index is -0.0540. The number of hydrogen-bond acceptors (Lipinski definition) is 2. The number of piperidine rings is 1. The largest absolute Gasteiger partial charge is 0.393 e. The summed E-state index contributed by atoms with van der Waals surface area (Å²) in [7, 11) is 0. The van der Waals surface area contributed by atoms with Crippen LogP contribution in [0.5, 0.6) is 0 Å². The van der Waals surface area contributed by atoms with Gasteiger partial charge in [0.1, 0.15) is 0 Å². The molecule has 1 rings (SSSR count). The number of nitrogens with two attached hydrogens (primary N) is 1. The van der Waals surface area contributed by atoms with Gasteiger partial charge in [-0.05, 0) is 19.3 Å². The number of carbonyl (C=O) groups is 1. The molecule has 1 fully saturated rings. The van der Waals surface area contributed by atoms with Gasteiger partial charge in [-0.1, -0.05) is 33.0 Å². The smallest absolute Gasteiger partial charge is 0.225 e. The molecule has 0 radical (unpaired) electrons. The molecule has 0 aromatic rings. The van der Waals surface area contributed by atoms with Gasteiger partial charge in [0.2, 0.25) is 5.91 Å². The van der Waals surface area contributed by atoms with Gasteiger partial charge < -0.3 is 10.6 Å². The van der Waals surface area contributed by atoms with E-state index in [2.05, 4.69) is 6.92 Å². The van der Waals surface area contributed by atoms with Crippen molar-refractivity contribution in [2.24, 2.45) is 17.1 Å². The number of hydrogen-bond donors (Lipinski definition) is 1. The Morgan fingerprint density at radius 1 is 1.50 bits per heavy atom. The van der Waals surface area contributed by atoms with Crippen LogP contribution in [-0.2, 0) is 4.79 Å². The van der Waals surface area contributed by atoms with Gasteiger partial charge in [-0.25, -0.2) is 0 Å². The van der Waals surface area contributed by atoms with E-state index in [0.29, 0.717) is 4.99 Å². The molecule has 0 spiro atoms. The fourth-order valence-corrected chi connectivity index (χ4v) is 2.16. The minimum Gasteiger partial charge on any atom is -0.393 e. The molecule has 1 aliphatic heterocycles. The third-order valence-corrected chi connectivity index (χ3v) is 4.30.